The number of likely N-dealkylation sites (N-methyl/N-ethyl adjacent to an activating group) is 1. The van der Waals surface area contributed by atoms with Gasteiger partial charge in [-0.15, -0.1) is 0 Å². The Hall–Kier alpha value is -0.0800. The highest BCUT2D eigenvalue weighted by Crippen LogP contribution is 2.19. The fourth-order valence-corrected chi connectivity index (χ4v) is 2.56. The Balaban J connectivity index is 2.02. The fourth-order valence-electron chi connectivity index (χ4n) is 2.56. The minimum absolute atomic E-state index is 0.778. The Morgan fingerprint density at radius 2 is 2.00 bits per heavy atom. The van der Waals surface area contributed by atoms with Gasteiger partial charge in [0, 0.05) is 19.1 Å². The number of rotatable bonds is 0. The van der Waals surface area contributed by atoms with Crippen LogP contribution in [0, 0.1) is 5.92 Å². The van der Waals surface area contributed by atoms with E-state index in [0.717, 1.165) is 12.0 Å². The highest BCUT2D eigenvalue weighted by molar-refractivity contribution is 4.81. The van der Waals surface area contributed by atoms with E-state index < -0.39 is 0 Å². The van der Waals surface area contributed by atoms with Crippen LogP contribution in [0.3, 0.4) is 0 Å². The first-order valence-electron chi connectivity index (χ1n) is 5.26. The number of hydrogen-bond donors (Lipinski definition) is 1. The number of fused-ring (bicyclic) bond motifs is 3. The van der Waals surface area contributed by atoms with Crippen molar-refractivity contribution in [3.63, 3.8) is 0 Å². The van der Waals surface area contributed by atoms with Gasteiger partial charge in [0.2, 0.25) is 0 Å². The van der Waals surface area contributed by atoms with Crippen molar-refractivity contribution in [3.8, 4) is 0 Å². The molecule has 12 heavy (non-hydrogen) atoms. The molecule has 2 rings (SSSR count). The van der Waals surface area contributed by atoms with Gasteiger partial charge >= 0.3 is 0 Å². The first-order chi connectivity index (χ1) is 5.84. The van der Waals surface area contributed by atoms with Crippen LogP contribution in [0.5, 0.6) is 0 Å². The van der Waals surface area contributed by atoms with Crippen molar-refractivity contribution >= 4 is 0 Å². The van der Waals surface area contributed by atoms with Crippen LogP contribution in [0.4, 0.5) is 0 Å². The Morgan fingerprint density at radius 3 is 2.92 bits per heavy atom. The van der Waals surface area contributed by atoms with E-state index >= 15 is 0 Å². The normalized spacial score (nSPS) is 38.8. The van der Waals surface area contributed by atoms with Crippen molar-refractivity contribution in [2.24, 2.45) is 5.92 Å². The fraction of sp³-hybridized carbons (Fsp3) is 1.00. The zero-order chi connectivity index (χ0) is 8.39. The molecule has 2 heterocycles. The summed E-state index contributed by atoms with van der Waals surface area (Å²) in [6.45, 7) is 3.83. The van der Waals surface area contributed by atoms with E-state index in [-0.39, 0.29) is 0 Å². The monoisotopic (exact) mass is 168 g/mol. The van der Waals surface area contributed by atoms with Crippen molar-refractivity contribution in [2.45, 2.75) is 31.7 Å². The summed E-state index contributed by atoms with van der Waals surface area (Å²) < 4.78 is 0. The van der Waals surface area contributed by atoms with Crippen LogP contribution in [0.1, 0.15) is 25.7 Å². The van der Waals surface area contributed by atoms with Gasteiger partial charge in [-0.25, -0.2) is 0 Å². The van der Waals surface area contributed by atoms with Gasteiger partial charge in [-0.05, 0) is 32.4 Å². The number of hydrogen-bond acceptors (Lipinski definition) is 2. The summed E-state index contributed by atoms with van der Waals surface area (Å²) >= 11 is 0. The van der Waals surface area contributed by atoms with Gasteiger partial charge in [0.1, 0.15) is 0 Å². The van der Waals surface area contributed by atoms with Crippen LogP contribution in [0.2, 0.25) is 0 Å². The molecule has 2 bridgehead atoms. The molecule has 0 aromatic carbocycles. The topological polar surface area (TPSA) is 15.3 Å². The molecule has 2 saturated heterocycles. The highest BCUT2D eigenvalue weighted by Gasteiger charge is 2.22. The van der Waals surface area contributed by atoms with Gasteiger partial charge < -0.3 is 10.2 Å². The average molecular weight is 168 g/mol. The van der Waals surface area contributed by atoms with E-state index in [9.17, 15) is 0 Å². The van der Waals surface area contributed by atoms with E-state index in [0.29, 0.717) is 0 Å². The third kappa shape index (κ3) is 1.99. The molecule has 0 aromatic heterocycles. The lowest BCUT2D eigenvalue weighted by Crippen LogP contribution is -2.36. The SMILES string of the molecule is CN1C[C@H]2CCCC[C@H](C1)NC2. The lowest BCUT2D eigenvalue weighted by Gasteiger charge is -2.20. The lowest BCUT2D eigenvalue weighted by molar-refractivity contribution is 0.295. The summed E-state index contributed by atoms with van der Waals surface area (Å²) in [7, 11) is 2.26. The average Bonchev–Trinajstić information content (AvgIpc) is 2.11. The molecule has 1 N–H and O–H groups in total. The van der Waals surface area contributed by atoms with E-state index in [1.54, 1.807) is 0 Å². The highest BCUT2D eigenvalue weighted by atomic mass is 15.1. The largest absolute Gasteiger partial charge is 0.312 e. The predicted octanol–water partition coefficient (Wildman–Crippen LogP) is 1.08. The Bertz CT molecular complexity index is 131. The zero-order valence-electron chi connectivity index (χ0n) is 8.05. The molecule has 2 atom stereocenters. The molecule has 0 aliphatic carbocycles. The molecule has 0 amide bonds. The maximum absolute atomic E-state index is 3.67. The lowest BCUT2D eigenvalue weighted by atomic mass is 9.98. The van der Waals surface area contributed by atoms with Gasteiger partial charge in [0.05, 0.1) is 0 Å². The van der Waals surface area contributed by atoms with E-state index in [2.05, 4.69) is 17.3 Å². The third-order valence-electron chi connectivity index (χ3n) is 3.21. The van der Waals surface area contributed by atoms with Crippen LogP contribution in [0.25, 0.3) is 0 Å². The Morgan fingerprint density at radius 1 is 1.17 bits per heavy atom. The van der Waals surface area contributed by atoms with Crippen LogP contribution in [-0.2, 0) is 0 Å². The molecule has 2 heteroatoms. The number of nitrogens with one attached hydrogen (secondary N) is 1. The summed E-state index contributed by atoms with van der Waals surface area (Å²) in [6.07, 6.45) is 5.71. The van der Waals surface area contributed by atoms with Crippen LogP contribution in [0.15, 0.2) is 0 Å². The van der Waals surface area contributed by atoms with Crippen molar-refractivity contribution in [1.82, 2.24) is 10.2 Å². The number of nitrogens with zero attached hydrogens (tertiary/aromatic N) is 1. The van der Waals surface area contributed by atoms with E-state index in [1.165, 1.54) is 45.3 Å². The maximum Gasteiger partial charge on any atom is 0.0195 e. The molecule has 2 aliphatic heterocycles. The van der Waals surface area contributed by atoms with Gasteiger partial charge in [0.25, 0.3) is 0 Å². The summed E-state index contributed by atoms with van der Waals surface area (Å²) in [5.74, 6) is 0.917. The predicted molar refractivity (Wildman–Crippen MR) is 51.2 cm³/mol. The molecule has 0 saturated carbocycles. The standard InChI is InChI=1S/C10H20N2/c1-12-7-9-4-2-3-5-10(8-12)11-6-9/h9-11H,2-8H2,1H3/t9-,10+/m0/s1. The Labute approximate surface area is 75.3 Å². The minimum atomic E-state index is 0.778. The van der Waals surface area contributed by atoms with Crippen molar-refractivity contribution in [1.29, 1.82) is 0 Å². The van der Waals surface area contributed by atoms with Gasteiger partial charge in [-0.3, -0.25) is 0 Å². The molecular weight excluding hydrogens is 148 g/mol. The molecule has 0 aromatic rings. The first-order valence-corrected chi connectivity index (χ1v) is 5.26. The molecule has 2 aliphatic rings. The second-order valence-electron chi connectivity index (χ2n) is 4.48. The first kappa shape index (κ1) is 8.52. The van der Waals surface area contributed by atoms with Gasteiger partial charge in [0.15, 0.2) is 0 Å². The molecular formula is C10H20N2. The quantitative estimate of drug-likeness (QED) is 0.582. The summed E-state index contributed by atoms with van der Waals surface area (Å²) in [6, 6.07) is 0.778. The second-order valence-corrected chi connectivity index (χ2v) is 4.48. The van der Waals surface area contributed by atoms with Crippen LogP contribution >= 0.6 is 0 Å². The van der Waals surface area contributed by atoms with E-state index in [4.69, 9.17) is 0 Å². The van der Waals surface area contributed by atoms with E-state index in [1.807, 2.05) is 0 Å². The van der Waals surface area contributed by atoms with Crippen LogP contribution < -0.4 is 5.32 Å². The molecule has 2 nitrogen and oxygen atoms in total. The minimum Gasteiger partial charge on any atom is -0.312 e. The van der Waals surface area contributed by atoms with Crippen molar-refractivity contribution in [3.05, 3.63) is 0 Å². The Kier molecular flexibility index (Phi) is 2.66. The maximum atomic E-state index is 3.67. The summed E-state index contributed by atoms with van der Waals surface area (Å²) in [4.78, 5) is 2.50. The van der Waals surface area contributed by atoms with Crippen molar-refractivity contribution in [2.75, 3.05) is 26.7 Å². The zero-order valence-corrected chi connectivity index (χ0v) is 8.05. The van der Waals surface area contributed by atoms with Gasteiger partial charge in [-0.2, -0.15) is 0 Å². The molecule has 2 fully saturated rings. The van der Waals surface area contributed by atoms with Gasteiger partial charge in [-0.1, -0.05) is 12.8 Å². The smallest absolute Gasteiger partial charge is 0.0195 e. The molecule has 0 radical (unpaired) electrons. The molecule has 0 unspecified atom stereocenters. The summed E-state index contributed by atoms with van der Waals surface area (Å²) in [5, 5.41) is 3.67. The summed E-state index contributed by atoms with van der Waals surface area (Å²) in [5.41, 5.74) is 0. The second kappa shape index (κ2) is 3.75. The third-order valence-corrected chi connectivity index (χ3v) is 3.21. The van der Waals surface area contributed by atoms with Crippen LogP contribution in [-0.4, -0.2) is 37.6 Å². The molecule has 0 spiro atoms. The van der Waals surface area contributed by atoms with Crippen molar-refractivity contribution < 1.29 is 0 Å². The molecule has 70 valence electrons.